The highest BCUT2D eigenvalue weighted by Gasteiger charge is 2.30. The molecule has 3 nitrogen and oxygen atoms in total. The van der Waals surface area contributed by atoms with E-state index in [2.05, 4.69) is 0 Å². The number of rotatable bonds is 2. The standard InChI is InChI=1S/C9H12F3NO2/c10-9(11,12)5-13-8(15)6-1-3-7(14)4-2-6/h6H,1-5H2,(H,13,15). The average Bonchev–Trinajstić information content (AvgIpc) is 2.14. The van der Waals surface area contributed by atoms with Crippen molar-refractivity contribution in [2.75, 3.05) is 6.54 Å². The van der Waals surface area contributed by atoms with Crippen LogP contribution in [0.3, 0.4) is 0 Å². The molecule has 0 aromatic carbocycles. The number of nitrogens with one attached hydrogen (secondary N) is 1. The van der Waals surface area contributed by atoms with Gasteiger partial charge >= 0.3 is 6.18 Å². The number of Topliss-reactive ketones (excluding diaryl/α,β-unsaturated/α-hetero) is 1. The van der Waals surface area contributed by atoms with Gasteiger partial charge in [0.1, 0.15) is 12.3 Å². The zero-order chi connectivity index (χ0) is 11.5. The van der Waals surface area contributed by atoms with E-state index < -0.39 is 24.5 Å². The Morgan fingerprint density at radius 1 is 1.33 bits per heavy atom. The van der Waals surface area contributed by atoms with Crippen molar-refractivity contribution >= 4 is 11.7 Å². The fourth-order valence-corrected chi connectivity index (χ4v) is 1.53. The number of ketones is 1. The van der Waals surface area contributed by atoms with Crippen LogP contribution in [0.5, 0.6) is 0 Å². The van der Waals surface area contributed by atoms with E-state index in [0.29, 0.717) is 25.7 Å². The number of carbonyl (C=O) groups excluding carboxylic acids is 2. The van der Waals surface area contributed by atoms with E-state index in [0.717, 1.165) is 0 Å². The Morgan fingerprint density at radius 2 is 1.87 bits per heavy atom. The van der Waals surface area contributed by atoms with Crippen LogP contribution < -0.4 is 5.32 Å². The van der Waals surface area contributed by atoms with Gasteiger partial charge in [-0.15, -0.1) is 0 Å². The molecule has 0 bridgehead atoms. The maximum absolute atomic E-state index is 11.8. The molecule has 0 aromatic rings. The lowest BCUT2D eigenvalue weighted by atomic mass is 9.88. The first kappa shape index (κ1) is 12.0. The second kappa shape index (κ2) is 4.63. The zero-order valence-electron chi connectivity index (χ0n) is 8.06. The lowest BCUT2D eigenvalue weighted by molar-refractivity contribution is -0.142. The molecule has 1 saturated carbocycles. The third-order valence-corrected chi connectivity index (χ3v) is 2.38. The lowest BCUT2D eigenvalue weighted by Gasteiger charge is -2.20. The fourth-order valence-electron chi connectivity index (χ4n) is 1.53. The molecule has 15 heavy (non-hydrogen) atoms. The predicted molar refractivity (Wildman–Crippen MR) is 46.0 cm³/mol. The van der Waals surface area contributed by atoms with Crippen molar-refractivity contribution in [3.8, 4) is 0 Å². The minimum atomic E-state index is -4.37. The van der Waals surface area contributed by atoms with Crippen LogP contribution in [-0.4, -0.2) is 24.4 Å². The van der Waals surface area contributed by atoms with Crippen molar-refractivity contribution in [3.63, 3.8) is 0 Å². The maximum Gasteiger partial charge on any atom is 0.405 e. The van der Waals surface area contributed by atoms with Crippen LogP contribution in [0.1, 0.15) is 25.7 Å². The van der Waals surface area contributed by atoms with Gasteiger partial charge in [0.15, 0.2) is 0 Å². The molecule has 86 valence electrons. The molecule has 0 aliphatic heterocycles. The molecule has 1 rings (SSSR count). The number of amides is 1. The third-order valence-electron chi connectivity index (χ3n) is 2.38. The average molecular weight is 223 g/mol. The predicted octanol–water partition coefficient (Wildman–Crippen LogP) is 1.42. The van der Waals surface area contributed by atoms with E-state index in [1.54, 1.807) is 0 Å². The Labute approximate surface area is 85.0 Å². The number of hydrogen-bond donors (Lipinski definition) is 1. The van der Waals surface area contributed by atoms with Crippen LogP contribution in [0.4, 0.5) is 13.2 Å². The highest BCUT2D eigenvalue weighted by atomic mass is 19.4. The number of carbonyl (C=O) groups is 2. The van der Waals surface area contributed by atoms with Gasteiger partial charge in [-0.3, -0.25) is 9.59 Å². The summed E-state index contributed by atoms with van der Waals surface area (Å²) in [6.45, 7) is -1.30. The van der Waals surface area contributed by atoms with E-state index in [1.165, 1.54) is 0 Å². The summed E-state index contributed by atoms with van der Waals surface area (Å²) in [4.78, 5) is 22.1. The van der Waals surface area contributed by atoms with Crippen LogP contribution in [0.25, 0.3) is 0 Å². The Bertz CT molecular complexity index is 253. The molecule has 1 aliphatic rings. The highest BCUT2D eigenvalue weighted by Crippen LogP contribution is 2.22. The molecule has 0 atom stereocenters. The Hall–Kier alpha value is -1.07. The summed E-state index contributed by atoms with van der Waals surface area (Å²) in [5, 5.41) is 1.83. The van der Waals surface area contributed by atoms with E-state index in [-0.39, 0.29) is 5.78 Å². The molecule has 0 heterocycles. The molecule has 1 aliphatic carbocycles. The molecular formula is C9H12F3NO2. The summed E-state index contributed by atoms with van der Waals surface area (Å²) in [7, 11) is 0. The van der Waals surface area contributed by atoms with Gasteiger partial charge in [-0.2, -0.15) is 13.2 Å². The SMILES string of the molecule is O=C1CCC(C(=O)NCC(F)(F)F)CC1. The molecule has 6 heteroatoms. The first-order chi connectivity index (χ1) is 6.88. The maximum atomic E-state index is 11.8. The van der Waals surface area contributed by atoms with Gasteiger partial charge in [-0.25, -0.2) is 0 Å². The van der Waals surface area contributed by atoms with Gasteiger partial charge in [-0.1, -0.05) is 0 Å². The fraction of sp³-hybridized carbons (Fsp3) is 0.778. The van der Waals surface area contributed by atoms with Gasteiger partial charge in [-0.05, 0) is 12.8 Å². The molecule has 0 unspecified atom stereocenters. The summed E-state index contributed by atoms with van der Waals surface area (Å²) in [6, 6.07) is 0. The summed E-state index contributed by atoms with van der Waals surface area (Å²) in [6.07, 6.45) is -3.06. The van der Waals surface area contributed by atoms with Crippen molar-refractivity contribution in [2.24, 2.45) is 5.92 Å². The van der Waals surface area contributed by atoms with E-state index in [4.69, 9.17) is 0 Å². The Kier molecular flexibility index (Phi) is 3.71. The van der Waals surface area contributed by atoms with Gasteiger partial charge in [0.25, 0.3) is 0 Å². The summed E-state index contributed by atoms with van der Waals surface area (Å²) in [5.41, 5.74) is 0. The van der Waals surface area contributed by atoms with E-state index >= 15 is 0 Å². The normalized spacial score (nSPS) is 19.0. The minimum absolute atomic E-state index is 0.0786. The zero-order valence-corrected chi connectivity index (χ0v) is 8.06. The summed E-state index contributed by atoms with van der Waals surface area (Å²) in [5.74, 6) is -0.959. The van der Waals surface area contributed by atoms with Crippen LogP contribution in [0.2, 0.25) is 0 Å². The first-order valence-electron chi connectivity index (χ1n) is 4.74. The van der Waals surface area contributed by atoms with Crippen molar-refractivity contribution in [1.82, 2.24) is 5.32 Å². The van der Waals surface area contributed by atoms with E-state index in [1.807, 2.05) is 5.32 Å². The monoisotopic (exact) mass is 223 g/mol. The van der Waals surface area contributed by atoms with Crippen molar-refractivity contribution in [1.29, 1.82) is 0 Å². The number of hydrogen-bond acceptors (Lipinski definition) is 2. The van der Waals surface area contributed by atoms with E-state index in [9.17, 15) is 22.8 Å². The quantitative estimate of drug-likeness (QED) is 0.769. The third kappa shape index (κ3) is 4.31. The second-order valence-corrected chi connectivity index (χ2v) is 3.65. The molecule has 1 amide bonds. The molecule has 0 radical (unpaired) electrons. The number of halogens is 3. The van der Waals surface area contributed by atoms with Crippen molar-refractivity contribution in [3.05, 3.63) is 0 Å². The summed E-state index contributed by atoms with van der Waals surface area (Å²) < 4.78 is 35.3. The van der Waals surface area contributed by atoms with Crippen molar-refractivity contribution < 1.29 is 22.8 Å². The van der Waals surface area contributed by atoms with Crippen LogP contribution in [0.15, 0.2) is 0 Å². The van der Waals surface area contributed by atoms with Crippen molar-refractivity contribution in [2.45, 2.75) is 31.9 Å². The van der Waals surface area contributed by atoms with Crippen LogP contribution >= 0.6 is 0 Å². The first-order valence-corrected chi connectivity index (χ1v) is 4.74. The van der Waals surface area contributed by atoms with Gasteiger partial charge < -0.3 is 5.32 Å². The molecule has 1 fully saturated rings. The largest absolute Gasteiger partial charge is 0.405 e. The lowest BCUT2D eigenvalue weighted by Crippen LogP contribution is -2.38. The second-order valence-electron chi connectivity index (χ2n) is 3.65. The molecule has 0 saturated heterocycles. The highest BCUT2D eigenvalue weighted by molar-refractivity contribution is 5.84. The number of alkyl halides is 3. The van der Waals surface area contributed by atoms with Gasteiger partial charge in [0.2, 0.25) is 5.91 Å². The topological polar surface area (TPSA) is 46.2 Å². The molecular weight excluding hydrogens is 211 g/mol. The summed E-state index contributed by atoms with van der Waals surface area (Å²) >= 11 is 0. The smallest absolute Gasteiger partial charge is 0.347 e. The molecule has 0 spiro atoms. The van der Waals surface area contributed by atoms with Gasteiger partial charge in [0, 0.05) is 18.8 Å². The van der Waals surface area contributed by atoms with Crippen LogP contribution in [0, 0.1) is 5.92 Å². The minimum Gasteiger partial charge on any atom is -0.347 e. The van der Waals surface area contributed by atoms with Crippen LogP contribution in [-0.2, 0) is 9.59 Å². The van der Waals surface area contributed by atoms with Gasteiger partial charge in [0.05, 0.1) is 0 Å². The molecule has 0 aromatic heterocycles. The molecule has 1 N–H and O–H groups in total. The Balaban J connectivity index is 2.31. The Morgan fingerprint density at radius 3 is 2.33 bits per heavy atom.